The predicted molar refractivity (Wildman–Crippen MR) is 103 cm³/mol. The molecule has 1 aromatic carbocycles. The van der Waals surface area contributed by atoms with E-state index < -0.39 is 0 Å². The van der Waals surface area contributed by atoms with E-state index in [0.717, 1.165) is 17.7 Å². The fourth-order valence-electron chi connectivity index (χ4n) is 3.26. The first-order valence-electron chi connectivity index (χ1n) is 9.28. The minimum absolute atomic E-state index is 0.0683. The molecule has 27 heavy (non-hydrogen) atoms. The first-order chi connectivity index (χ1) is 13.2. The molecular formula is C21H25N3O3. The molecule has 3 rings (SSSR count). The van der Waals surface area contributed by atoms with E-state index in [1.807, 2.05) is 35.2 Å². The second-order valence-electron chi connectivity index (χ2n) is 6.59. The molecular weight excluding hydrogens is 342 g/mol. The Hall–Kier alpha value is -2.89. The number of benzene rings is 1. The molecule has 6 nitrogen and oxygen atoms in total. The third kappa shape index (κ3) is 5.06. The molecule has 0 N–H and O–H groups in total. The molecule has 2 heterocycles. The van der Waals surface area contributed by atoms with Crippen LogP contribution in [-0.4, -0.2) is 59.9 Å². The fraction of sp³-hybridized carbons (Fsp3) is 0.381. The summed E-state index contributed by atoms with van der Waals surface area (Å²) in [5.74, 6) is 0.865. The van der Waals surface area contributed by atoms with Gasteiger partial charge in [-0.3, -0.25) is 14.6 Å². The summed E-state index contributed by atoms with van der Waals surface area (Å²) in [6.07, 6.45) is 3.55. The maximum absolute atomic E-state index is 12.6. The molecule has 0 atom stereocenters. The first kappa shape index (κ1) is 18.9. The van der Waals surface area contributed by atoms with E-state index >= 15 is 0 Å². The van der Waals surface area contributed by atoms with Crippen molar-refractivity contribution in [2.45, 2.75) is 19.3 Å². The highest BCUT2D eigenvalue weighted by Crippen LogP contribution is 2.15. The predicted octanol–water partition coefficient (Wildman–Crippen LogP) is 2.40. The lowest BCUT2D eigenvalue weighted by atomic mass is 10.1. The lowest BCUT2D eigenvalue weighted by Gasteiger charge is -2.22. The molecule has 1 aromatic heterocycles. The van der Waals surface area contributed by atoms with Crippen LogP contribution in [0.3, 0.4) is 0 Å². The van der Waals surface area contributed by atoms with Crippen molar-refractivity contribution in [3.05, 3.63) is 59.9 Å². The van der Waals surface area contributed by atoms with Crippen LogP contribution in [0.25, 0.3) is 0 Å². The van der Waals surface area contributed by atoms with Crippen LogP contribution < -0.4 is 4.74 Å². The Morgan fingerprint density at radius 3 is 2.63 bits per heavy atom. The van der Waals surface area contributed by atoms with Gasteiger partial charge in [0.15, 0.2) is 0 Å². The third-order valence-electron chi connectivity index (χ3n) is 4.78. The summed E-state index contributed by atoms with van der Waals surface area (Å²) < 4.78 is 5.23. The molecule has 0 radical (unpaired) electrons. The van der Waals surface area contributed by atoms with Crippen molar-refractivity contribution in [1.82, 2.24) is 14.8 Å². The van der Waals surface area contributed by atoms with Crippen LogP contribution in [0, 0.1) is 0 Å². The molecule has 1 aliphatic rings. The summed E-state index contributed by atoms with van der Waals surface area (Å²) in [5, 5.41) is 0. The topological polar surface area (TPSA) is 62.7 Å². The zero-order valence-corrected chi connectivity index (χ0v) is 15.6. The van der Waals surface area contributed by atoms with Crippen LogP contribution in [0.2, 0.25) is 0 Å². The van der Waals surface area contributed by atoms with Crippen molar-refractivity contribution in [2.24, 2.45) is 0 Å². The second-order valence-corrected chi connectivity index (χ2v) is 6.59. The number of hydrogen-bond donors (Lipinski definition) is 0. The Morgan fingerprint density at radius 1 is 1.04 bits per heavy atom. The number of methoxy groups -OCH3 is 1. The van der Waals surface area contributed by atoms with Gasteiger partial charge in [0.05, 0.1) is 7.11 Å². The van der Waals surface area contributed by atoms with Crippen LogP contribution in [0.4, 0.5) is 0 Å². The number of aromatic nitrogens is 1. The number of pyridine rings is 1. The van der Waals surface area contributed by atoms with E-state index in [2.05, 4.69) is 4.98 Å². The van der Waals surface area contributed by atoms with E-state index in [-0.39, 0.29) is 11.8 Å². The average Bonchev–Trinajstić information content (AvgIpc) is 2.98. The average molecular weight is 367 g/mol. The number of carbonyl (C=O) groups excluding carboxylic acids is 2. The maximum Gasteiger partial charge on any atom is 0.272 e. The molecule has 0 aliphatic carbocycles. The summed E-state index contributed by atoms with van der Waals surface area (Å²) in [5.41, 5.74) is 1.54. The molecule has 0 saturated carbocycles. The summed E-state index contributed by atoms with van der Waals surface area (Å²) in [7, 11) is 1.64. The Balaban J connectivity index is 1.52. The highest BCUT2D eigenvalue weighted by atomic mass is 16.5. The van der Waals surface area contributed by atoms with Crippen LogP contribution in [-0.2, 0) is 11.2 Å². The number of ether oxygens (including phenoxy) is 1. The molecule has 0 spiro atoms. The van der Waals surface area contributed by atoms with Gasteiger partial charge in [-0.15, -0.1) is 0 Å². The molecule has 2 aromatic rings. The standard InChI is InChI=1S/C21H25N3O3/c1-27-18-7-4-6-17(16-18)9-10-20(25)23-12-5-13-24(15-14-23)21(26)19-8-2-3-11-22-19/h2-4,6-8,11,16H,5,9-10,12-15H2,1H3. The Bertz CT molecular complexity index is 779. The zero-order valence-electron chi connectivity index (χ0n) is 15.6. The Labute approximate surface area is 159 Å². The lowest BCUT2D eigenvalue weighted by Crippen LogP contribution is -2.37. The van der Waals surface area contributed by atoms with Crippen molar-refractivity contribution >= 4 is 11.8 Å². The number of amides is 2. The smallest absolute Gasteiger partial charge is 0.272 e. The van der Waals surface area contributed by atoms with Crippen molar-refractivity contribution in [3.8, 4) is 5.75 Å². The van der Waals surface area contributed by atoms with Gasteiger partial charge >= 0.3 is 0 Å². The van der Waals surface area contributed by atoms with Crippen LogP contribution >= 0.6 is 0 Å². The van der Waals surface area contributed by atoms with Gasteiger partial charge in [0, 0.05) is 38.8 Å². The molecule has 1 fully saturated rings. The van der Waals surface area contributed by atoms with Gasteiger partial charge < -0.3 is 14.5 Å². The van der Waals surface area contributed by atoms with Gasteiger partial charge in [0.25, 0.3) is 5.91 Å². The van der Waals surface area contributed by atoms with Gasteiger partial charge in [-0.25, -0.2) is 0 Å². The van der Waals surface area contributed by atoms with Gasteiger partial charge in [0.1, 0.15) is 11.4 Å². The molecule has 1 saturated heterocycles. The number of carbonyl (C=O) groups is 2. The van der Waals surface area contributed by atoms with Gasteiger partial charge in [0.2, 0.25) is 5.91 Å². The highest BCUT2D eigenvalue weighted by Gasteiger charge is 2.23. The van der Waals surface area contributed by atoms with Crippen molar-refractivity contribution in [1.29, 1.82) is 0 Å². The van der Waals surface area contributed by atoms with Gasteiger partial charge in [-0.2, -0.15) is 0 Å². The number of rotatable bonds is 5. The quantitative estimate of drug-likeness (QED) is 0.814. The summed E-state index contributed by atoms with van der Waals surface area (Å²) in [6.45, 7) is 2.44. The minimum atomic E-state index is -0.0683. The van der Waals surface area contributed by atoms with E-state index in [1.54, 1.807) is 30.3 Å². The number of nitrogens with zero attached hydrogens (tertiary/aromatic N) is 3. The first-order valence-corrected chi connectivity index (χ1v) is 9.28. The molecule has 0 unspecified atom stereocenters. The Kier molecular flexibility index (Phi) is 6.41. The van der Waals surface area contributed by atoms with Crippen LogP contribution in [0.1, 0.15) is 28.9 Å². The molecule has 6 heteroatoms. The summed E-state index contributed by atoms with van der Waals surface area (Å²) in [4.78, 5) is 32.9. The second kappa shape index (κ2) is 9.16. The largest absolute Gasteiger partial charge is 0.497 e. The summed E-state index contributed by atoms with van der Waals surface area (Å²) >= 11 is 0. The Morgan fingerprint density at radius 2 is 1.85 bits per heavy atom. The maximum atomic E-state index is 12.6. The highest BCUT2D eigenvalue weighted by molar-refractivity contribution is 5.92. The van der Waals surface area contributed by atoms with E-state index in [0.29, 0.717) is 44.7 Å². The van der Waals surface area contributed by atoms with Crippen molar-refractivity contribution < 1.29 is 14.3 Å². The zero-order chi connectivity index (χ0) is 19.1. The van der Waals surface area contributed by atoms with Crippen molar-refractivity contribution in [2.75, 3.05) is 33.3 Å². The number of aryl methyl sites for hydroxylation is 1. The van der Waals surface area contributed by atoms with E-state index in [9.17, 15) is 9.59 Å². The third-order valence-corrected chi connectivity index (χ3v) is 4.78. The molecule has 1 aliphatic heterocycles. The van der Waals surface area contributed by atoms with Crippen molar-refractivity contribution in [3.63, 3.8) is 0 Å². The molecule has 142 valence electrons. The molecule has 2 amide bonds. The van der Waals surface area contributed by atoms with E-state index in [4.69, 9.17) is 4.74 Å². The fourth-order valence-corrected chi connectivity index (χ4v) is 3.26. The lowest BCUT2D eigenvalue weighted by molar-refractivity contribution is -0.131. The normalized spacial score (nSPS) is 14.6. The minimum Gasteiger partial charge on any atom is -0.497 e. The monoisotopic (exact) mass is 367 g/mol. The van der Waals surface area contributed by atoms with E-state index in [1.165, 1.54) is 0 Å². The van der Waals surface area contributed by atoms with Crippen LogP contribution in [0.15, 0.2) is 48.7 Å². The molecule has 0 bridgehead atoms. The summed E-state index contributed by atoms with van der Waals surface area (Å²) in [6, 6.07) is 13.1. The SMILES string of the molecule is COc1cccc(CCC(=O)N2CCCN(C(=O)c3ccccn3)CC2)c1. The van der Waals surface area contributed by atoms with Gasteiger partial charge in [-0.05, 0) is 42.7 Å². The van der Waals surface area contributed by atoms with Gasteiger partial charge in [-0.1, -0.05) is 18.2 Å². The van der Waals surface area contributed by atoms with Crippen LogP contribution in [0.5, 0.6) is 5.75 Å². The number of hydrogen-bond acceptors (Lipinski definition) is 4.